The number of halogens is 4. The second kappa shape index (κ2) is 6.52. The van der Waals surface area contributed by atoms with Crippen LogP contribution >= 0.6 is 35.0 Å². The lowest BCUT2D eigenvalue weighted by atomic mass is 10.2. The molecule has 0 atom stereocenters. The molecule has 106 valence electrons. The van der Waals surface area contributed by atoms with Crippen molar-refractivity contribution in [3.63, 3.8) is 0 Å². The number of alkyl halides is 2. The first-order chi connectivity index (χ1) is 9.47. The molecule has 2 nitrogen and oxygen atoms in total. The topological polar surface area (TPSA) is 38.0 Å². The first-order valence-electron chi connectivity index (χ1n) is 5.52. The zero-order chi connectivity index (χ0) is 14.7. The summed E-state index contributed by atoms with van der Waals surface area (Å²) < 4.78 is 25.0. The van der Waals surface area contributed by atoms with E-state index < -0.39 is 5.76 Å². The van der Waals surface area contributed by atoms with Crippen molar-refractivity contribution in [2.24, 2.45) is 0 Å². The van der Waals surface area contributed by atoms with Crippen molar-refractivity contribution < 1.29 is 8.78 Å². The molecule has 2 aromatic carbocycles. The minimum atomic E-state index is -2.50. The Balaban J connectivity index is 2.33. The molecule has 0 saturated heterocycles. The van der Waals surface area contributed by atoms with Gasteiger partial charge in [0.15, 0.2) is 0 Å². The molecule has 0 fully saturated rings. The monoisotopic (exact) mass is 334 g/mol. The van der Waals surface area contributed by atoms with Gasteiger partial charge in [-0.25, -0.2) is 0 Å². The highest BCUT2D eigenvalue weighted by atomic mass is 35.5. The standard InChI is InChI=1S/C13H10Cl2F2N2S/c14-7-5-9(18)11(6-8(7)15)19-10-3-1-2-4-12(10)20-13(16)17/h1-6,13,19H,18H2. The molecule has 0 aromatic heterocycles. The SMILES string of the molecule is Nc1cc(Cl)c(Cl)cc1Nc1ccccc1SC(F)F. The Labute approximate surface area is 129 Å². The third-order valence-corrected chi connectivity index (χ3v) is 3.98. The second-order valence-corrected chi connectivity index (χ2v) is 5.70. The van der Waals surface area contributed by atoms with E-state index in [9.17, 15) is 8.78 Å². The van der Waals surface area contributed by atoms with Crippen LogP contribution in [0.2, 0.25) is 10.0 Å². The van der Waals surface area contributed by atoms with Crippen LogP contribution in [0.5, 0.6) is 0 Å². The minimum Gasteiger partial charge on any atom is -0.397 e. The van der Waals surface area contributed by atoms with Crippen molar-refractivity contribution in [3.05, 3.63) is 46.4 Å². The van der Waals surface area contributed by atoms with E-state index in [1.165, 1.54) is 6.07 Å². The highest BCUT2D eigenvalue weighted by molar-refractivity contribution is 7.99. The van der Waals surface area contributed by atoms with Crippen LogP contribution in [0.4, 0.5) is 25.8 Å². The molecule has 2 aromatic rings. The molecule has 20 heavy (non-hydrogen) atoms. The molecule has 0 radical (unpaired) electrons. The van der Waals surface area contributed by atoms with Gasteiger partial charge in [0.2, 0.25) is 0 Å². The fourth-order valence-corrected chi connectivity index (χ4v) is 2.52. The zero-order valence-corrected chi connectivity index (χ0v) is 12.4. The normalized spacial score (nSPS) is 10.8. The maximum absolute atomic E-state index is 12.5. The van der Waals surface area contributed by atoms with Gasteiger partial charge in [0.05, 0.1) is 27.1 Å². The number of benzene rings is 2. The van der Waals surface area contributed by atoms with Crippen LogP contribution in [-0.2, 0) is 0 Å². The van der Waals surface area contributed by atoms with Gasteiger partial charge in [-0.2, -0.15) is 8.78 Å². The quantitative estimate of drug-likeness (QED) is 0.561. The van der Waals surface area contributed by atoms with E-state index in [2.05, 4.69) is 5.32 Å². The number of hydrogen-bond acceptors (Lipinski definition) is 3. The number of nitrogen functional groups attached to an aromatic ring is 1. The van der Waals surface area contributed by atoms with Crippen LogP contribution in [0.3, 0.4) is 0 Å². The number of nitrogens with one attached hydrogen (secondary N) is 1. The van der Waals surface area contributed by atoms with Crippen LogP contribution in [0.15, 0.2) is 41.3 Å². The predicted octanol–water partition coefficient (Wildman–Crippen LogP) is 5.63. The third kappa shape index (κ3) is 3.69. The van der Waals surface area contributed by atoms with Crippen molar-refractivity contribution in [3.8, 4) is 0 Å². The molecule has 7 heteroatoms. The van der Waals surface area contributed by atoms with Crippen LogP contribution < -0.4 is 11.1 Å². The molecule has 0 amide bonds. The highest BCUT2D eigenvalue weighted by Gasteiger charge is 2.11. The average molecular weight is 335 g/mol. The molecule has 0 aliphatic rings. The summed E-state index contributed by atoms with van der Waals surface area (Å²) >= 11 is 12.2. The Morgan fingerprint density at radius 1 is 1.05 bits per heavy atom. The van der Waals surface area contributed by atoms with Gasteiger partial charge in [0.25, 0.3) is 5.76 Å². The van der Waals surface area contributed by atoms with Gasteiger partial charge in [-0.3, -0.25) is 0 Å². The van der Waals surface area contributed by atoms with Crippen molar-refractivity contribution >= 4 is 52.0 Å². The maximum atomic E-state index is 12.5. The zero-order valence-electron chi connectivity index (χ0n) is 10.0. The Morgan fingerprint density at radius 3 is 2.40 bits per heavy atom. The molecule has 0 aliphatic carbocycles. The van der Waals surface area contributed by atoms with E-state index in [1.807, 2.05) is 0 Å². The van der Waals surface area contributed by atoms with Crippen molar-refractivity contribution in [1.82, 2.24) is 0 Å². The largest absolute Gasteiger partial charge is 0.397 e. The van der Waals surface area contributed by atoms with E-state index in [-0.39, 0.29) is 0 Å². The van der Waals surface area contributed by atoms with E-state index in [4.69, 9.17) is 28.9 Å². The summed E-state index contributed by atoms with van der Waals surface area (Å²) in [5.74, 6) is -2.50. The fraction of sp³-hybridized carbons (Fsp3) is 0.0769. The minimum absolute atomic E-state index is 0.336. The first kappa shape index (κ1) is 15.2. The summed E-state index contributed by atoms with van der Waals surface area (Å²) in [6.07, 6.45) is 0. The summed E-state index contributed by atoms with van der Waals surface area (Å²) in [4.78, 5) is 0.424. The van der Waals surface area contributed by atoms with Gasteiger partial charge >= 0.3 is 0 Å². The van der Waals surface area contributed by atoms with Gasteiger partial charge in [-0.1, -0.05) is 47.1 Å². The van der Waals surface area contributed by atoms with Gasteiger partial charge < -0.3 is 11.1 Å². The molecule has 0 aliphatic heterocycles. The molecular weight excluding hydrogens is 325 g/mol. The first-order valence-corrected chi connectivity index (χ1v) is 7.16. The Bertz CT molecular complexity index is 623. The number of nitrogens with two attached hydrogens (primary N) is 1. The Hall–Kier alpha value is -1.17. The summed E-state index contributed by atoms with van der Waals surface area (Å²) in [7, 11) is 0. The molecule has 0 heterocycles. The number of anilines is 3. The van der Waals surface area contributed by atoms with Crippen molar-refractivity contribution in [2.75, 3.05) is 11.1 Å². The molecule has 0 unspecified atom stereocenters. The molecule has 0 spiro atoms. The van der Waals surface area contributed by atoms with Crippen molar-refractivity contribution in [1.29, 1.82) is 0 Å². The van der Waals surface area contributed by atoms with Gasteiger partial charge in [0, 0.05) is 4.90 Å². The Morgan fingerprint density at radius 2 is 1.70 bits per heavy atom. The van der Waals surface area contributed by atoms with Crippen LogP contribution in [0, 0.1) is 0 Å². The second-order valence-electron chi connectivity index (χ2n) is 3.85. The average Bonchev–Trinajstić information content (AvgIpc) is 2.37. The van der Waals surface area contributed by atoms with Crippen LogP contribution in [0.1, 0.15) is 0 Å². The van der Waals surface area contributed by atoms with E-state index in [0.717, 1.165) is 0 Å². The summed E-state index contributed by atoms with van der Waals surface area (Å²) in [5.41, 5.74) is 7.26. The molecule has 0 bridgehead atoms. The lowest BCUT2D eigenvalue weighted by molar-refractivity contribution is 0.252. The van der Waals surface area contributed by atoms with E-state index in [1.54, 1.807) is 30.3 Å². The lowest BCUT2D eigenvalue weighted by Crippen LogP contribution is -1.98. The number of hydrogen-bond donors (Lipinski definition) is 2. The molecular formula is C13H10Cl2F2N2S. The molecule has 3 N–H and O–H groups in total. The number of thioether (sulfide) groups is 1. The van der Waals surface area contributed by atoms with Gasteiger partial charge in [0.1, 0.15) is 0 Å². The van der Waals surface area contributed by atoms with Gasteiger partial charge in [-0.15, -0.1) is 0 Å². The van der Waals surface area contributed by atoms with E-state index >= 15 is 0 Å². The van der Waals surface area contributed by atoms with Crippen LogP contribution in [0.25, 0.3) is 0 Å². The highest BCUT2D eigenvalue weighted by Crippen LogP contribution is 2.36. The maximum Gasteiger partial charge on any atom is 0.288 e. The number of rotatable bonds is 4. The van der Waals surface area contributed by atoms with E-state index in [0.29, 0.717) is 43.8 Å². The predicted molar refractivity (Wildman–Crippen MR) is 82.5 cm³/mol. The summed E-state index contributed by atoms with van der Waals surface area (Å²) in [6, 6.07) is 9.79. The molecule has 2 rings (SSSR count). The number of para-hydroxylation sites is 1. The van der Waals surface area contributed by atoms with Crippen LogP contribution in [-0.4, -0.2) is 5.76 Å². The lowest BCUT2D eigenvalue weighted by Gasteiger charge is -2.14. The fourth-order valence-electron chi connectivity index (χ4n) is 1.58. The summed E-state index contributed by atoms with van der Waals surface area (Å²) in [5, 5.41) is 3.67. The Kier molecular flexibility index (Phi) is 4.96. The molecule has 0 saturated carbocycles. The summed E-state index contributed by atoms with van der Waals surface area (Å²) in [6.45, 7) is 0. The smallest absolute Gasteiger partial charge is 0.288 e. The third-order valence-electron chi connectivity index (χ3n) is 2.46. The van der Waals surface area contributed by atoms with Gasteiger partial charge in [-0.05, 0) is 24.3 Å². The van der Waals surface area contributed by atoms with Crippen molar-refractivity contribution in [2.45, 2.75) is 10.7 Å².